The van der Waals surface area contributed by atoms with E-state index >= 15 is 0 Å². The zero-order valence-electron chi connectivity index (χ0n) is 16.1. The topological polar surface area (TPSA) is 79.8 Å². The van der Waals surface area contributed by atoms with Gasteiger partial charge in [0.15, 0.2) is 0 Å². The molecule has 1 aliphatic rings. The van der Waals surface area contributed by atoms with Crippen molar-refractivity contribution in [1.29, 1.82) is 0 Å². The summed E-state index contributed by atoms with van der Waals surface area (Å²) in [7, 11) is -0.571. The van der Waals surface area contributed by atoms with Gasteiger partial charge in [0.1, 0.15) is 0 Å². The highest BCUT2D eigenvalue weighted by Gasteiger charge is 2.24. The summed E-state index contributed by atoms with van der Waals surface area (Å²) in [6.07, 6.45) is 5.38. The summed E-state index contributed by atoms with van der Waals surface area (Å²) in [6.45, 7) is 1.63. The Morgan fingerprint density at radius 1 is 1.21 bits per heavy atom. The van der Waals surface area contributed by atoms with E-state index in [2.05, 4.69) is 4.98 Å². The molecule has 0 bridgehead atoms. The highest BCUT2D eigenvalue weighted by atomic mass is 32.2. The molecule has 2 heterocycles. The molecular weight excluding hydrogens is 378 g/mol. The van der Waals surface area contributed by atoms with Crippen LogP contribution in [0.5, 0.6) is 0 Å². The van der Waals surface area contributed by atoms with Crippen LogP contribution in [0.1, 0.15) is 28.8 Å². The summed E-state index contributed by atoms with van der Waals surface area (Å²) in [4.78, 5) is 19.1. The average Bonchev–Trinajstić information content (AvgIpc) is 3.21. The molecule has 1 aromatic carbocycles. The molecule has 7 nitrogen and oxygen atoms in total. The van der Waals surface area contributed by atoms with Crippen molar-refractivity contribution in [3.63, 3.8) is 0 Å². The summed E-state index contributed by atoms with van der Waals surface area (Å²) in [5.41, 5.74) is 1.38. The van der Waals surface area contributed by atoms with Gasteiger partial charge in [0.05, 0.1) is 11.0 Å². The predicted octanol–water partition coefficient (Wildman–Crippen LogP) is 2.15. The SMILES string of the molecule is CN(C)S(=O)(=O)c1ccc(C(=O)N(Cc2cccnc2)CC2CCCO2)cc1. The van der Waals surface area contributed by atoms with E-state index in [9.17, 15) is 13.2 Å². The number of carbonyl (C=O) groups is 1. The van der Waals surface area contributed by atoms with Gasteiger partial charge in [-0.05, 0) is 48.7 Å². The van der Waals surface area contributed by atoms with Gasteiger partial charge < -0.3 is 9.64 Å². The summed E-state index contributed by atoms with van der Waals surface area (Å²) >= 11 is 0. The first-order valence-electron chi connectivity index (χ1n) is 9.20. The number of benzene rings is 1. The van der Waals surface area contributed by atoms with Crippen molar-refractivity contribution >= 4 is 15.9 Å². The molecule has 150 valence electrons. The Morgan fingerprint density at radius 3 is 2.54 bits per heavy atom. The van der Waals surface area contributed by atoms with Crippen LogP contribution in [0, 0.1) is 0 Å². The van der Waals surface area contributed by atoms with Crippen LogP contribution in [-0.4, -0.2) is 61.9 Å². The molecule has 1 aliphatic heterocycles. The van der Waals surface area contributed by atoms with Crippen molar-refractivity contribution in [2.24, 2.45) is 0 Å². The largest absolute Gasteiger partial charge is 0.376 e. The second kappa shape index (κ2) is 8.81. The van der Waals surface area contributed by atoms with Crippen molar-refractivity contribution in [2.45, 2.75) is 30.4 Å². The van der Waals surface area contributed by atoms with Gasteiger partial charge in [-0.1, -0.05) is 6.07 Å². The number of hydrogen-bond acceptors (Lipinski definition) is 5. The molecule has 1 fully saturated rings. The number of hydrogen-bond donors (Lipinski definition) is 0. The zero-order valence-corrected chi connectivity index (χ0v) is 16.9. The predicted molar refractivity (Wildman–Crippen MR) is 105 cm³/mol. The van der Waals surface area contributed by atoms with E-state index in [1.165, 1.54) is 26.2 Å². The molecule has 0 N–H and O–H groups in total. The highest BCUT2D eigenvalue weighted by molar-refractivity contribution is 7.89. The van der Waals surface area contributed by atoms with Gasteiger partial charge in [-0.2, -0.15) is 0 Å². The zero-order chi connectivity index (χ0) is 20.1. The number of sulfonamides is 1. The van der Waals surface area contributed by atoms with Gasteiger partial charge in [-0.25, -0.2) is 12.7 Å². The smallest absolute Gasteiger partial charge is 0.254 e. The minimum absolute atomic E-state index is 0.0222. The lowest BCUT2D eigenvalue weighted by Gasteiger charge is -2.25. The third-order valence-electron chi connectivity index (χ3n) is 4.71. The lowest BCUT2D eigenvalue weighted by Crippen LogP contribution is -2.37. The molecule has 28 heavy (non-hydrogen) atoms. The number of nitrogens with zero attached hydrogens (tertiary/aromatic N) is 3. The van der Waals surface area contributed by atoms with E-state index in [4.69, 9.17) is 4.74 Å². The molecule has 3 rings (SSSR count). The molecule has 1 amide bonds. The van der Waals surface area contributed by atoms with Gasteiger partial charge in [0.2, 0.25) is 10.0 Å². The molecule has 0 aliphatic carbocycles. The number of amides is 1. The van der Waals surface area contributed by atoms with Crippen LogP contribution >= 0.6 is 0 Å². The van der Waals surface area contributed by atoms with Crippen LogP contribution in [0.4, 0.5) is 0 Å². The molecule has 2 aromatic rings. The van der Waals surface area contributed by atoms with Crippen LogP contribution in [0.15, 0.2) is 53.7 Å². The maximum absolute atomic E-state index is 13.1. The summed E-state index contributed by atoms with van der Waals surface area (Å²) in [5, 5.41) is 0. The van der Waals surface area contributed by atoms with Crippen molar-refractivity contribution in [1.82, 2.24) is 14.2 Å². The Bertz CT molecular complexity index is 893. The minimum atomic E-state index is -3.53. The maximum atomic E-state index is 13.1. The summed E-state index contributed by atoms with van der Waals surface area (Å²) in [5.74, 6) is -0.159. The molecule has 0 spiro atoms. The third kappa shape index (κ3) is 4.76. The Morgan fingerprint density at radius 2 is 1.96 bits per heavy atom. The second-order valence-electron chi connectivity index (χ2n) is 6.99. The van der Waals surface area contributed by atoms with Crippen LogP contribution in [-0.2, 0) is 21.3 Å². The molecule has 1 aromatic heterocycles. The van der Waals surface area contributed by atoms with Crippen LogP contribution in [0.2, 0.25) is 0 Å². The number of rotatable bonds is 7. The quantitative estimate of drug-likeness (QED) is 0.708. The van der Waals surface area contributed by atoms with Crippen molar-refractivity contribution in [3.8, 4) is 0 Å². The minimum Gasteiger partial charge on any atom is -0.376 e. The average molecular weight is 404 g/mol. The number of pyridine rings is 1. The van der Waals surface area contributed by atoms with E-state index in [1.807, 2.05) is 12.1 Å². The fraction of sp³-hybridized carbons (Fsp3) is 0.400. The number of carbonyl (C=O) groups excluding carboxylic acids is 1. The van der Waals surface area contributed by atoms with Crippen molar-refractivity contribution in [3.05, 3.63) is 59.9 Å². The first-order chi connectivity index (χ1) is 13.4. The van der Waals surface area contributed by atoms with Gasteiger partial charge in [0, 0.05) is 51.7 Å². The second-order valence-corrected chi connectivity index (χ2v) is 9.15. The van der Waals surface area contributed by atoms with E-state index in [-0.39, 0.29) is 16.9 Å². The molecule has 0 radical (unpaired) electrons. The molecule has 1 unspecified atom stereocenters. The molecular formula is C20H25N3O4S. The van der Waals surface area contributed by atoms with E-state index < -0.39 is 10.0 Å². The van der Waals surface area contributed by atoms with Gasteiger partial charge in [0.25, 0.3) is 5.91 Å². The molecule has 1 saturated heterocycles. The molecule has 0 saturated carbocycles. The van der Waals surface area contributed by atoms with Crippen LogP contribution in [0.3, 0.4) is 0 Å². The third-order valence-corrected chi connectivity index (χ3v) is 6.54. The van der Waals surface area contributed by atoms with Gasteiger partial charge in [-0.3, -0.25) is 9.78 Å². The van der Waals surface area contributed by atoms with Gasteiger partial charge in [-0.15, -0.1) is 0 Å². The summed E-state index contributed by atoms with van der Waals surface area (Å²) < 4.78 is 31.3. The normalized spacial score (nSPS) is 17.0. The van der Waals surface area contributed by atoms with Crippen LogP contribution < -0.4 is 0 Å². The van der Waals surface area contributed by atoms with Gasteiger partial charge >= 0.3 is 0 Å². The first-order valence-corrected chi connectivity index (χ1v) is 10.6. The Hall–Kier alpha value is -2.29. The van der Waals surface area contributed by atoms with Crippen molar-refractivity contribution in [2.75, 3.05) is 27.2 Å². The lowest BCUT2D eigenvalue weighted by atomic mass is 10.1. The summed E-state index contributed by atoms with van der Waals surface area (Å²) in [6, 6.07) is 9.82. The van der Waals surface area contributed by atoms with E-state index in [0.29, 0.717) is 18.7 Å². The van der Waals surface area contributed by atoms with E-state index in [0.717, 1.165) is 29.3 Å². The monoisotopic (exact) mass is 403 g/mol. The standard InChI is InChI=1S/C20H25N3O4S/c1-22(2)28(25,26)19-9-7-17(8-10-19)20(24)23(15-18-6-4-12-27-18)14-16-5-3-11-21-13-16/h3,5,7-11,13,18H,4,6,12,14-15H2,1-2H3. The maximum Gasteiger partial charge on any atom is 0.254 e. The first kappa shape index (κ1) is 20.4. The lowest BCUT2D eigenvalue weighted by molar-refractivity contribution is 0.0507. The molecule has 8 heteroatoms. The number of aromatic nitrogens is 1. The molecule has 1 atom stereocenters. The van der Waals surface area contributed by atoms with Crippen molar-refractivity contribution < 1.29 is 17.9 Å². The highest BCUT2D eigenvalue weighted by Crippen LogP contribution is 2.19. The Labute approximate surface area is 166 Å². The number of ether oxygens (including phenoxy) is 1. The Kier molecular flexibility index (Phi) is 6.43. The fourth-order valence-corrected chi connectivity index (χ4v) is 4.03. The van der Waals surface area contributed by atoms with Crippen LogP contribution in [0.25, 0.3) is 0 Å². The fourth-order valence-electron chi connectivity index (χ4n) is 3.13. The van der Waals surface area contributed by atoms with E-state index in [1.54, 1.807) is 29.4 Å². The Balaban J connectivity index is 1.81.